The summed E-state index contributed by atoms with van der Waals surface area (Å²) in [6.45, 7) is 7.54. The zero-order valence-electron chi connectivity index (χ0n) is 11.8. The third kappa shape index (κ3) is 3.70. The predicted molar refractivity (Wildman–Crippen MR) is 77.1 cm³/mol. The Morgan fingerprint density at radius 2 is 1.95 bits per heavy atom. The fourth-order valence-corrected chi connectivity index (χ4v) is 2.32. The molecule has 1 aliphatic rings. The number of nitrogens with one attached hydrogen (secondary N) is 2. The van der Waals surface area contributed by atoms with E-state index in [1.165, 1.54) is 0 Å². The Hall–Kier alpha value is -1.55. The van der Waals surface area contributed by atoms with Crippen LogP contribution < -0.4 is 10.6 Å². The molecule has 2 rings (SSSR count). The van der Waals surface area contributed by atoms with Crippen molar-refractivity contribution in [1.29, 1.82) is 0 Å². The van der Waals surface area contributed by atoms with E-state index in [2.05, 4.69) is 10.6 Å². The number of hydrogen-bond donors (Lipinski definition) is 2. The van der Waals surface area contributed by atoms with Gasteiger partial charge >= 0.3 is 6.03 Å². The molecule has 1 aromatic carbocycles. The van der Waals surface area contributed by atoms with E-state index in [1.54, 1.807) is 0 Å². The highest BCUT2D eigenvalue weighted by Crippen LogP contribution is 2.19. The molecular formula is C15H23N3O. The van der Waals surface area contributed by atoms with Crippen LogP contribution in [0.25, 0.3) is 0 Å². The maximum absolute atomic E-state index is 12.3. The Kier molecular flexibility index (Phi) is 4.43. The first kappa shape index (κ1) is 13.9. The molecule has 1 aromatic rings. The molecule has 0 unspecified atom stereocenters. The first-order chi connectivity index (χ1) is 9.09. The van der Waals surface area contributed by atoms with E-state index < -0.39 is 0 Å². The highest BCUT2D eigenvalue weighted by molar-refractivity contribution is 5.75. The van der Waals surface area contributed by atoms with Crippen LogP contribution in [0.4, 0.5) is 4.79 Å². The van der Waals surface area contributed by atoms with Crippen LogP contribution in [-0.2, 0) is 5.54 Å². The van der Waals surface area contributed by atoms with Gasteiger partial charge in [-0.1, -0.05) is 30.3 Å². The first-order valence-corrected chi connectivity index (χ1v) is 6.93. The van der Waals surface area contributed by atoms with Crippen LogP contribution >= 0.6 is 0 Å². The molecule has 0 aromatic heterocycles. The summed E-state index contributed by atoms with van der Waals surface area (Å²) in [6, 6.07) is 10.1. The fraction of sp³-hybridized carbons (Fsp3) is 0.533. The molecular weight excluding hydrogens is 238 g/mol. The molecule has 4 nitrogen and oxygen atoms in total. The lowest BCUT2D eigenvalue weighted by molar-refractivity contribution is 0.190. The van der Waals surface area contributed by atoms with Crippen molar-refractivity contribution in [1.82, 2.24) is 15.5 Å². The van der Waals surface area contributed by atoms with Gasteiger partial charge in [-0.3, -0.25) is 0 Å². The van der Waals surface area contributed by atoms with Crippen molar-refractivity contribution in [2.45, 2.75) is 25.8 Å². The Morgan fingerprint density at radius 3 is 2.68 bits per heavy atom. The monoisotopic (exact) mass is 261 g/mol. The van der Waals surface area contributed by atoms with Crippen molar-refractivity contribution in [3.8, 4) is 0 Å². The lowest BCUT2D eigenvalue weighted by Crippen LogP contribution is -2.49. The molecule has 0 spiro atoms. The fourth-order valence-electron chi connectivity index (χ4n) is 2.32. The standard InChI is InChI=1S/C15H23N3O/c1-15(2,13-7-4-3-5-8-13)17-14(19)18-11-6-9-16-10-12-18/h3-5,7-8,16H,6,9-12H2,1-2H3,(H,17,19). The van der Waals surface area contributed by atoms with Crippen LogP contribution in [-0.4, -0.2) is 37.1 Å². The predicted octanol–water partition coefficient (Wildman–Crippen LogP) is 1.93. The third-order valence-corrected chi connectivity index (χ3v) is 3.54. The maximum atomic E-state index is 12.3. The van der Waals surface area contributed by atoms with E-state index in [0.29, 0.717) is 0 Å². The lowest BCUT2D eigenvalue weighted by atomic mass is 9.94. The molecule has 0 aliphatic carbocycles. The van der Waals surface area contributed by atoms with Gasteiger partial charge in [0.05, 0.1) is 5.54 Å². The average Bonchev–Trinajstić information content (AvgIpc) is 2.68. The molecule has 0 radical (unpaired) electrons. The van der Waals surface area contributed by atoms with E-state index in [-0.39, 0.29) is 11.6 Å². The quantitative estimate of drug-likeness (QED) is 0.854. The largest absolute Gasteiger partial charge is 0.329 e. The molecule has 1 aliphatic heterocycles. The van der Waals surface area contributed by atoms with Crippen molar-refractivity contribution in [2.24, 2.45) is 0 Å². The Balaban J connectivity index is 2.01. The van der Waals surface area contributed by atoms with Gasteiger partial charge < -0.3 is 15.5 Å². The smallest absolute Gasteiger partial charge is 0.318 e. The van der Waals surface area contributed by atoms with Gasteiger partial charge in [0.15, 0.2) is 0 Å². The second-order valence-corrected chi connectivity index (χ2v) is 5.51. The number of hydrogen-bond acceptors (Lipinski definition) is 2. The lowest BCUT2D eigenvalue weighted by Gasteiger charge is -2.31. The molecule has 19 heavy (non-hydrogen) atoms. The molecule has 1 saturated heterocycles. The van der Waals surface area contributed by atoms with Crippen LogP contribution in [0.5, 0.6) is 0 Å². The summed E-state index contributed by atoms with van der Waals surface area (Å²) < 4.78 is 0. The minimum Gasteiger partial charge on any atom is -0.329 e. The number of carbonyl (C=O) groups excluding carboxylic acids is 1. The summed E-state index contributed by atoms with van der Waals surface area (Å²) in [5.41, 5.74) is 0.772. The number of amides is 2. The Labute approximate surface area is 115 Å². The van der Waals surface area contributed by atoms with E-state index in [9.17, 15) is 4.79 Å². The molecule has 0 atom stereocenters. The zero-order chi connectivity index (χ0) is 13.7. The maximum Gasteiger partial charge on any atom is 0.318 e. The second-order valence-electron chi connectivity index (χ2n) is 5.51. The van der Waals surface area contributed by atoms with Crippen LogP contribution in [0.15, 0.2) is 30.3 Å². The summed E-state index contributed by atoms with van der Waals surface area (Å²) in [6.07, 6.45) is 1.01. The van der Waals surface area contributed by atoms with Gasteiger partial charge in [0.25, 0.3) is 0 Å². The molecule has 0 saturated carbocycles. The van der Waals surface area contributed by atoms with Gasteiger partial charge in [0, 0.05) is 19.6 Å². The van der Waals surface area contributed by atoms with Crippen molar-refractivity contribution in [3.05, 3.63) is 35.9 Å². The van der Waals surface area contributed by atoms with Gasteiger partial charge in [0.2, 0.25) is 0 Å². The molecule has 104 valence electrons. The highest BCUT2D eigenvalue weighted by Gasteiger charge is 2.25. The van der Waals surface area contributed by atoms with E-state index >= 15 is 0 Å². The molecule has 4 heteroatoms. The van der Waals surface area contributed by atoms with Crippen LogP contribution in [0, 0.1) is 0 Å². The molecule has 2 amide bonds. The third-order valence-electron chi connectivity index (χ3n) is 3.54. The van der Waals surface area contributed by atoms with Crippen LogP contribution in [0.1, 0.15) is 25.8 Å². The number of nitrogens with zero attached hydrogens (tertiary/aromatic N) is 1. The van der Waals surface area contributed by atoms with Gasteiger partial charge in [-0.2, -0.15) is 0 Å². The summed E-state index contributed by atoms with van der Waals surface area (Å²) >= 11 is 0. The number of carbonyl (C=O) groups is 1. The summed E-state index contributed by atoms with van der Waals surface area (Å²) in [5, 5.41) is 6.43. The van der Waals surface area contributed by atoms with Gasteiger partial charge in [-0.05, 0) is 32.4 Å². The second kappa shape index (κ2) is 6.06. The van der Waals surface area contributed by atoms with E-state index in [4.69, 9.17) is 0 Å². The van der Waals surface area contributed by atoms with E-state index in [0.717, 1.165) is 38.2 Å². The van der Waals surface area contributed by atoms with Crippen molar-refractivity contribution >= 4 is 6.03 Å². The zero-order valence-corrected chi connectivity index (χ0v) is 11.8. The van der Waals surface area contributed by atoms with Crippen molar-refractivity contribution in [3.63, 3.8) is 0 Å². The van der Waals surface area contributed by atoms with Crippen molar-refractivity contribution in [2.75, 3.05) is 26.2 Å². The molecule has 0 bridgehead atoms. The molecule has 1 fully saturated rings. The molecule has 1 heterocycles. The van der Waals surface area contributed by atoms with Gasteiger partial charge in [-0.25, -0.2) is 4.79 Å². The van der Waals surface area contributed by atoms with Crippen LogP contribution in [0.3, 0.4) is 0 Å². The Morgan fingerprint density at radius 1 is 1.21 bits per heavy atom. The van der Waals surface area contributed by atoms with Crippen molar-refractivity contribution < 1.29 is 4.79 Å². The van der Waals surface area contributed by atoms with Gasteiger partial charge in [-0.15, -0.1) is 0 Å². The average molecular weight is 261 g/mol. The topological polar surface area (TPSA) is 44.4 Å². The first-order valence-electron chi connectivity index (χ1n) is 6.93. The SMILES string of the molecule is CC(C)(NC(=O)N1CCCNCC1)c1ccccc1. The van der Waals surface area contributed by atoms with Crippen LogP contribution in [0.2, 0.25) is 0 Å². The number of rotatable bonds is 2. The van der Waals surface area contributed by atoms with E-state index in [1.807, 2.05) is 49.1 Å². The number of urea groups is 1. The summed E-state index contributed by atoms with van der Waals surface area (Å²) in [4.78, 5) is 14.2. The molecule has 2 N–H and O–H groups in total. The normalized spacial score (nSPS) is 16.8. The summed E-state index contributed by atoms with van der Waals surface area (Å²) in [5.74, 6) is 0. The van der Waals surface area contributed by atoms with Gasteiger partial charge in [0.1, 0.15) is 0 Å². The highest BCUT2D eigenvalue weighted by atomic mass is 16.2. The Bertz CT molecular complexity index is 409. The number of benzene rings is 1. The minimum atomic E-state index is -0.349. The summed E-state index contributed by atoms with van der Waals surface area (Å²) in [7, 11) is 0. The minimum absolute atomic E-state index is 0.0255.